The number of rotatable bonds is 5. The molecule has 0 radical (unpaired) electrons. The summed E-state index contributed by atoms with van der Waals surface area (Å²) < 4.78 is 5.37. The zero-order valence-corrected chi connectivity index (χ0v) is 10.6. The zero-order valence-electron chi connectivity index (χ0n) is 10.6. The average molecular weight is 222 g/mol. The first kappa shape index (κ1) is 12.8. The molecule has 1 unspecified atom stereocenters. The SMILES string of the molecule is COc1cc(C(C)C)ccc1NCC(C)N. The molecule has 1 aromatic carbocycles. The molecule has 0 amide bonds. The van der Waals surface area contributed by atoms with Gasteiger partial charge < -0.3 is 15.8 Å². The number of anilines is 1. The Hall–Kier alpha value is -1.22. The number of methoxy groups -OCH3 is 1. The fraction of sp³-hybridized carbons (Fsp3) is 0.538. The minimum Gasteiger partial charge on any atom is -0.495 e. The second-order valence-corrected chi connectivity index (χ2v) is 4.47. The highest BCUT2D eigenvalue weighted by molar-refractivity contribution is 5.58. The molecule has 0 aromatic heterocycles. The van der Waals surface area contributed by atoms with Crippen LogP contribution in [0.1, 0.15) is 32.3 Å². The molecule has 0 saturated heterocycles. The number of benzene rings is 1. The Balaban J connectivity index is 2.84. The first-order valence-corrected chi connectivity index (χ1v) is 5.72. The molecule has 0 heterocycles. The Morgan fingerprint density at radius 1 is 1.31 bits per heavy atom. The van der Waals surface area contributed by atoms with Crippen LogP contribution in [0.4, 0.5) is 5.69 Å². The minimum absolute atomic E-state index is 0.134. The quantitative estimate of drug-likeness (QED) is 0.805. The molecule has 3 N–H and O–H groups in total. The molecule has 0 spiro atoms. The largest absolute Gasteiger partial charge is 0.495 e. The Bertz CT molecular complexity index is 335. The van der Waals surface area contributed by atoms with Gasteiger partial charge in [-0.25, -0.2) is 0 Å². The van der Waals surface area contributed by atoms with Crippen molar-refractivity contribution in [3.63, 3.8) is 0 Å². The van der Waals surface area contributed by atoms with Crippen LogP contribution in [-0.4, -0.2) is 19.7 Å². The Morgan fingerprint density at radius 2 is 2.00 bits per heavy atom. The van der Waals surface area contributed by atoms with Gasteiger partial charge in [0.25, 0.3) is 0 Å². The van der Waals surface area contributed by atoms with Crippen LogP contribution in [0.3, 0.4) is 0 Å². The van der Waals surface area contributed by atoms with Gasteiger partial charge in [-0.1, -0.05) is 19.9 Å². The monoisotopic (exact) mass is 222 g/mol. The highest BCUT2D eigenvalue weighted by atomic mass is 16.5. The Morgan fingerprint density at radius 3 is 2.50 bits per heavy atom. The van der Waals surface area contributed by atoms with E-state index in [9.17, 15) is 0 Å². The van der Waals surface area contributed by atoms with Crippen molar-refractivity contribution in [3.8, 4) is 5.75 Å². The van der Waals surface area contributed by atoms with E-state index in [0.29, 0.717) is 5.92 Å². The summed E-state index contributed by atoms with van der Waals surface area (Å²) in [5.41, 5.74) is 7.99. The molecule has 1 rings (SSSR count). The highest BCUT2D eigenvalue weighted by Gasteiger charge is 2.06. The average Bonchev–Trinajstić information content (AvgIpc) is 2.25. The van der Waals surface area contributed by atoms with E-state index in [2.05, 4.69) is 37.4 Å². The molecule has 0 fully saturated rings. The maximum Gasteiger partial charge on any atom is 0.142 e. The number of hydrogen-bond acceptors (Lipinski definition) is 3. The van der Waals surface area contributed by atoms with E-state index >= 15 is 0 Å². The summed E-state index contributed by atoms with van der Waals surface area (Å²) in [6.07, 6.45) is 0. The smallest absolute Gasteiger partial charge is 0.142 e. The lowest BCUT2D eigenvalue weighted by atomic mass is 10.0. The fourth-order valence-electron chi connectivity index (χ4n) is 1.48. The van der Waals surface area contributed by atoms with Gasteiger partial charge >= 0.3 is 0 Å². The second-order valence-electron chi connectivity index (χ2n) is 4.47. The molecular weight excluding hydrogens is 200 g/mol. The molecule has 90 valence electrons. The van der Waals surface area contributed by atoms with Crippen molar-refractivity contribution < 1.29 is 4.74 Å². The maximum absolute atomic E-state index is 5.71. The second kappa shape index (κ2) is 5.75. The van der Waals surface area contributed by atoms with E-state index < -0.39 is 0 Å². The fourth-order valence-corrected chi connectivity index (χ4v) is 1.48. The summed E-state index contributed by atoms with van der Waals surface area (Å²) in [5.74, 6) is 1.39. The molecule has 0 saturated carbocycles. The normalized spacial score (nSPS) is 12.6. The van der Waals surface area contributed by atoms with Gasteiger partial charge in [0.2, 0.25) is 0 Å². The molecule has 3 nitrogen and oxygen atoms in total. The van der Waals surface area contributed by atoms with Gasteiger partial charge in [0.05, 0.1) is 12.8 Å². The molecule has 0 aliphatic carbocycles. The molecule has 0 aliphatic heterocycles. The van der Waals surface area contributed by atoms with Gasteiger partial charge in [-0.3, -0.25) is 0 Å². The molecule has 1 atom stereocenters. The molecular formula is C13H22N2O. The Kier molecular flexibility index (Phi) is 4.62. The maximum atomic E-state index is 5.71. The van der Waals surface area contributed by atoms with Crippen LogP contribution in [0.5, 0.6) is 5.75 Å². The molecule has 1 aromatic rings. The van der Waals surface area contributed by atoms with Gasteiger partial charge in [-0.2, -0.15) is 0 Å². The third kappa shape index (κ3) is 3.42. The number of hydrogen-bond donors (Lipinski definition) is 2. The van der Waals surface area contributed by atoms with E-state index in [1.165, 1.54) is 5.56 Å². The summed E-state index contributed by atoms with van der Waals surface area (Å²) >= 11 is 0. The van der Waals surface area contributed by atoms with Gasteiger partial charge in [-0.15, -0.1) is 0 Å². The van der Waals surface area contributed by atoms with Crippen molar-refractivity contribution in [2.24, 2.45) is 5.73 Å². The number of nitrogens with one attached hydrogen (secondary N) is 1. The van der Waals surface area contributed by atoms with Crippen molar-refractivity contribution >= 4 is 5.69 Å². The Labute approximate surface area is 98.0 Å². The topological polar surface area (TPSA) is 47.3 Å². The van der Waals surface area contributed by atoms with Crippen molar-refractivity contribution in [1.29, 1.82) is 0 Å². The summed E-state index contributed by atoms with van der Waals surface area (Å²) in [6.45, 7) is 7.06. The lowest BCUT2D eigenvalue weighted by molar-refractivity contribution is 0.415. The van der Waals surface area contributed by atoms with E-state index in [4.69, 9.17) is 10.5 Å². The van der Waals surface area contributed by atoms with Crippen LogP contribution >= 0.6 is 0 Å². The first-order chi connectivity index (χ1) is 7.54. The third-order valence-corrected chi connectivity index (χ3v) is 2.51. The number of ether oxygens (including phenoxy) is 1. The molecule has 3 heteroatoms. The summed E-state index contributed by atoms with van der Waals surface area (Å²) in [4.78, 5) is 0. The molecule has 0 aliphatic rings. The van der Waals surface area contributed by atoms with Crippen molar-refractivity contribution in [2.75, 3.05) is 19.0 Å². The van der Waals surface area contributed by atoms with E-state index in [-0.39, 0.29) is 6.04 Å². The summed E-state index contributed by atoms with van der Waals surface area (Å²) in [6, 6.07) is 6.39. The van der Waals surface area contributed by atoms with Gasteiger partial charge in [0.15, 0.2) is 0 Å². The van der Waals surface area contributed by atoms with E-state index in [1.54, 1.807) is 7.11 Å². The zero-order chi connectivity index (χ0) is 12.1. The minimum atomic E-state index is 0.134. The van der Waals surface area contributed by atoms with Crippen LogP contribution in [0.2, 0.25) is 0 Å². The molecule has 16 heavy (non-hydrogen) atoms. The van der Waals surface area contributed by atoms with E-state index in [1.807, 2.05) is 6.92 Å². The summed E-state index contributed by atoms with van der Waals surface area (Å²) in [5, 5.41) is 3.28. The van der Waals surface area contributed by atoms with Crippen LogP contribution < -0.4 is 15.8 Å². The van der Waals surface area contributed by atoms with Crippen LogP contribution in [0.15, 0.2) is 18.2 Å². The van der Waals surface area contributed by atoms with Crippen LogP contribution in [0.25, 0.3) is 0 Å². The summed E-state index contributed by atoms with van der Waals surface area (Å²) in [7, 11) is 1.69. The van der Waals surface area contributed by atoms with Crippen LogP contribution in [-0.2, 0) is 0 Å². The first-order valence-electron chi connectivity index (χ1n) is 5.72. The molecule has 0 bridgehead atoms. The predicted octanol–water partition coefficient (Wildman–Crippen LogP) is 2.58. The standard InChI is InChI=1S/C13H22N2O/c1-9(2)11-5-6-12(13(7-11)16-4)15-8-10(3)14/h5-7,9-10,15H,8,14H2,1-4H3. The van der Waals surface area contributed by atoms with Gasteiger partial charge in [0.1, 0.15) is 5.75 Å². The number of nitrogens with two attached hydrogens (primary N) is 1. The highest BCUT2D eigenvalue weighted by Crippen LogP contribution is 2.28. The van der Waals surface area contributed by atoms with Crippen molar-refractivity contribution in [2.45, 2.75) is 32.7 Å². The van der Waals surface area contributed by atoms with E-state index in [0.717, 1.165) is 18.0 Å². The predicted molar refractivity (Wildman–Crippen MR) is 69.2 cm³/mol. The lowest BCUT2D eigenvalue weighted by Crippen LogP contribution is -2.25. The third-order valence-electron chi connectivity index (χ3n) is 2.51. The van der Waals surface area contributed by atoms with Crippen molar-refractivity contribution in [1.82, 2.24) is 0 Å². The van der Waals surface area contributed by atoms with Gasteiger partial charge in [-0.05, 0) is 30.5 Å². The van der Waals surface area contributed by atoms with Crippen molar-refractivity contribution in [3.05, 3.63) is 23.8 Å². The van der Waals surface area contributed by atoms with Crippen LogP contribution in [0, 0.1) is 0 Å². The van der Waals surface area contributed by atoms with Gasteiger partial charge in [0, 0.05) is 12.6 Å². The lowest BCUT2D eigenvalue weighted by Gasteiger charge is -2.15.